The Hall–Kier alpha value is -3.22. The molecule has 7 heteroatoms. The first-order valence-corrected chi connectivity index (χ1v) is 8.61. The van der Waals surface area contributed by atoms with Gasteiger partial charge in [-0.05, 0) is 18.1 Å². The molecule has 1 amide bonds. The molecule has 0 unspecified atom stereocenters. The lowest BCUT2D eigenvalue weighted by Gasteiger charge is -2.07. The number of ether oxygens (including phenoxy) is 1. The van der Waals surface area contributed by atoms with Crippen LogP contribution in [0, 0.1) is 0 Å². The minimum atomic E-state index is -0.192. The lowest BCUT2D eigenvalue weighted by molar-refractivity contribution is 0.0949. The van der Waals surface area contributed by atoms with Crippen molar-refractivity contribution in [2.75, 3.05) is 0 Å². The van der Waals surface area contributed by atoms with Crippen LogP contribution in [-0.4, -0.2) is 25.7 Å². The fourth-order valence-electron chi connectivity index (χ4n) is 2.93. The molecular weight excluding hydrogens is 330 g/mol. The molecule has 3 heterocycles. The molecule has 0 radical (unpaired) electrons. The van der Waals surface area contributed by atoms with Crippen LogP contribution in [0.5, 0.6) is 5.88 Å². The van der Waals surface area contributed by atoms with Crippen molar-refractivity contribution in [3.05, 3.63) is 71.4 Å². The Kier molecular flexibility index (Phi) is 4.59. The smallest absolute Gasteiger partial charge is 0.253 e. The predicted molar refractivity (Wildman–Crippen MR) is 94.5 cm³/mol. The van der Waals surface area contributed by atoms with Gasteiger partial charge < -0.3 is 14.6 Å². The Bertz CT molecular complexity index is 890. The number of carbonyl (C=O) groups excluding carboxylic acids is 1. The Morgan fingerprint density at radius 2 is 2.04 bits per heavy atom. The van der Waals surface area contributed by atoms with Gasteiger partial charge in [0.15, 0.2) is 5.82 Å². The topological polar surface area (TPSA) is 81.9 Å². The van der Waals surface area contributed by atoms with E-state index in [9.17, 15) is 4.79 Å². The first-order chi connectivity index (χ1) is 12.8. The molecule has 0 bridgehead atoms. The molecule has 0 saturated carbocycles. The van der Waals surface area contributed by atoms with Crippen LogP contribution >= 0.6 is 0 Å². The summed E-state index contributed by atoms with van der Waals surface area (Å²) in [7, 11) is 0. The van der Waals surface area contributed by atoms with Crippen LogP contribution in [0.3, 0.4) is 0 Å². The summed E-state index contributed by atoms with van der Waals surface area (Å²) in [6.07, 6.45) is 3.55. The van der Waals surface area contributed by atoms with Crippen molar-refractivity contribution in [3.63, 3.8) is 0 Å². The van der Waals surface area contributed by atoms with Crippen molar-refractivity contribution in [3.8, 4) is 5.88 Å². The summed E-state index contributed by atoms with van der Waals surface area (Å²) in [6.45, 7) is 1.72. The number of hydrogen-bond acceptors (Lipinski definition) is 5. The number of nitrogens with one attached hydrogen (secondary N) is 1. The summed E-state index contributed by atoms with van der Waals surface area (Å²) in [5, 5.41) is 11.1. The highest BCUT2D eigenvalue weighted by atomic mass is 16.5. The van der Waals surface area contributed by atoms with E-state index in [2.05, 4.69) is 25.1 Å². The summed E-state index contributed by atoms with van der Waals surface area (Å²) in [4.78, 5) is 16.5. The Labute approximate surface area is 151 Å². The van der Waals surface area contributed by atoms with Crippen molar-refractivity contribution in [1.29, 1.82) is 0 Å². The van der Waals surface area contributed by atoms with Crippen molar-refractivity contribution in [2.45, 2.75) is 32.5 Å². The third-order valence-corrected chi connectivity index (χ3v) is 4.32. The van der Waals surface area contributed by atoms with Gasteiger partial charge in [0.25, 0.3) is 5.91 Å². The Balaban J connectivity index is 1.32. The van der Waals surface area contributed by atoms with Crippen LogP contribution in [-0.2, 0) is 26.1 Å². The fourth-order valence-corrected chi connectivity index (χ4v) is 2.93. The highest BCUT2D eigenvalue weighted by Crippen LogP contribution is 2.14. The van der Waals surface area contributed by atoms with Crippen LogP contribution in [0.1, 0.15) is 34.0 Å². The SMILES string of the molecule is O=C(NCc1nnc2n1CCC2)c1ccc(OCc2ccccc2)nc1. The maximum absolute atomic E-state index is 12.3. The van der Waals surface area contributed by atoms with Crippen LogP contribution < -0.4 is 10.1 Å². The minimum Gasteiger partial charge on any atom is -0.473 e. The van der Waals surface area contributed by atoms with Crippen LogP contribution in [0.15, 0.2) is 48.7 Å². The normalized spacial score (nSPS) is 12.6. The molecule has 0 atom stereocenters. The number of benzene rings is 1. The monoisotopic (exact) mass is 349 g/mol. The van der Waals surface area contributed by atoms with Gasteiger partial charge in [-0.2, -0.15) is 0 Å². The minimum absolute atomic E-state index is 0.192. The van der Waals surface area contributed by atoms with Gasteiger partial charge in [-0.3, -0.25) is 4.79 Å². The number of aryl methyl sites for hydroxylation is 1. The van der Waals surface area contributed by atoms with Crippen molar-refractivity contribution < 1.29 is 9.53 Å². The molecule has 1 N–H and O–H groups in total. The molecule has 132 valence electrons. The second kappa shape index (κ2) is 7.35. The van der Waals surface area contributed by atoms with E-state index in [-0.39, 0.29) is 5.91 Å². The van der Waals surface area contributed by atoms with Crippen molar-refractivity contribution >= 4 is 5.91 Å². The van der Waals surface area contributed by atoms with Gasteiger partial charge in [-0.15, -0.1) is 10.2 Å². The second-order valence-electron chi connectivity index (χ2n) is 6.13. The first kappa shape index (κ1) is 16.3. The maximum Gasteiger partial charge on any atom is 0.253 e. The van der Waals surface area contributed by atoms with Gasteiger partial charge in [-0.25, -0.2) is 4.98 Å². The van der Waals surface area contributed by atoms with E-state index in [4.69, 9.17) is 4.74 Å². The molecule has 26 heavy (non-hydrogen) atoms. The van der Waals surface area contributed by atoms with E-state index >= 15 is 0 Å². The summed E-state index contributed by atoms with van der Waals surface area (Å²) in [5.41, 5.74) is 1.55. The van der Waals surface area contributed by atoms with Crippen LogP contribution in [0.25, 0.3) is 0 Å². The molecule has 1 aliphatic rings. The van der Waals surface area contributed by atoms with Gasteiger partial charge >= 0.3 is 0 Å². The fraction of sp³-hybridized carbons (Fsp3) is 0.263. The number of amides is 1. The van der Waals surface area contributed by atoms with Gasteiger partial charge in [0.05, 0.1) is 12.1 Å². The highest BCUT2D eigenvalue weighted by Gasteiger charge is 2.17. The number of nitrogens with zero attached hydrogens (tertiary/aromatic N) is 4. The molecular formula is C19H19N5O2. The summed E-state index contributed by atoms with van der Waals surface area (Å²) < 4.78 is 7.70. The first-order valence-electron chi connectivity index (χ1n) is 8.61. The number of aromatic nitrogens is 4. The maximum atomic E-state index is 12.3. The zero-order valence-corrected chi connectivity index (χ0v) is 14.3. The lowest BCUT2D eigenvalue weighted by atomic mass is 10.2. The molecule has 7 nitrogen and oxygen atoms in total. The molecule has 0 saturated heterocycles. The average molecular weight is 349 g/mol. The van der Waals surface area contributed by atoms with E-state index in [1.165, 1.54) is 6.20 Å². The Morgan fingerprint density at radius 3 is 2.85 bits per heavy atom. The molecule has 0 spiro atoms. The largest absolute Gasteiger partial charge is 0.473 e. The zero-order chi connectivity index (χ0) is 17.8. The quantitative estimate of drug-likeness (QED) is 0.737. The number of pyridine rings is 1. The summed E-state index contributed by atoms with van der Waals surface area (Å²) in [6, 6.07) is 13.3. The second-order valence-corrected chi connectivity index (χ2v) is 6.13. The molecule has 0 fully saturated rings. The molecule has 3 aromatic rings. The van der Waals surface area contributed by atoms with Crippen LogP contribution in [0.2, 0.25) is 0 Å². The van der Waals surface area contributed by atoms with E-state index < -0.39 is 0 Å². The highest BCUT2D eigenvalue weighted by molar-refractivity contribution is 5.93. The molecule has 2 aromatic heterocycles. The van der Waals surface area contributed by atoms with E-state index in [1.54, 1.807) is 12.1 Å². The number of hydrogen-bond donors (Lipinski definition) is 1. The third kappa shape index (κ3) is 3.56. The van der Waals surface area contributed by atoms with E-state index in [1.807, 2.05) is 30.3 Å². The average Bonchev–Trinajstić information content (AvgIpc) is 3.30. The molecule has 1 aliphatic heterocycles. The summed E-state index contributed by atoms with van der Waals surface area (Å²) >= 11 is 0. The van der Waals surface area contributed by atoms with Gasteiger partial charge in [0.1, 0.15) is 12.4 Å². The Morgan fingerprint density at radius 1 is 1.15 bits per heavy atom. The standard InChI is InChI=1S/C19H19N5O2/c25-19(21-12-17-23-22-16-7-4-10-24(16)17)15-8-9-18(20-11-15)26-13-14-5-2-1-3-6-14/h1-3,5-6,8-9,11H,4,7,10,12-13H2,(H,21,25). The lowest BCUT2D eigenvalue weighted by Crippen LogP contribution is -2.24. The summed E-state index contributed by atoms with van der Waals surface area (Å²) in [5.74, 6) is 2.08. The third-order valence-electron chi connectivity index (χ3n) is 4.32. The van der Waals surface area contributed by atoms with E-state index in [0.717, 1.165) is 36.6 Å². The molecule has 1 aromatic carbocycles. The predicted octanol–water partition coefficient (Wildman–Crippen LogP) is 2.13. The van der Waals surface area contributed by atoms with E-state index in [0.29, 0.717) is 24.6 Å². The van der Waals surface area contributed by atoms with Crippen LogP contribution in [0.4, 0.5) is 0 Å². The number of fused-ring (bicyclic) bond motifs is 1. The number of rotatable bonds is 6. The van der Waals surface area contributed by atoms with Gasteiger partial charge in [0.2, 0.25) is 5.88 Å². The molecule has 4 rings (SSSR count). The zero-order valence-electron chi connectivity index (χ0n) is 14.3. The van der Waals surface area contributed by atoms with Crippen molar-refractivity contribution in [1.82, 2.24) is 25.1 Å². The molecule has 0 aliphatic carbocycles. The number of carbonyl (C=O) groups is 1. The van der Waals surface area contributed by atoms with Gasteiger partial charge in [0, 0.05) is 25.2 Å². The van der Waals surface area contributed by atoms with Crippen molar-refractivity contribution in [2.24, 2.45) is 0 Å². The van der Waals surface area contributed by atoms with Gasteiger partial charge in [-0.1, -0.05) is 30.3 Å².